The Hall–Kier alpha value is -1.03. The van der Waals surface area contributed by atoms with Crippen LogP contribution in [0.15, 0.2) is 11.6 Å². The van der Waals surface area contributed by atoms with Gasteiger partial charge in [-0.15, -0.1) is 12.3 Å². The average Bonchev–Trinajstić information content (AvgIpc) is 1.88. The zero-order chi connectivity index (χ0) is 7.40. The van der Waals surface area contributed by atoms with Gasteiger partial charge in [0.1, 0.15) is 0 Å². The van der Waals surface area contributed by atoms with E-state index in [0.29, 0.717) is 12.8 Å². The number of allylic oxidation sites excluding steroid dienone is 2. The van der Waals surface area contributed by atoms with Crippen molar-refractivity contribution in [3.63, 3.8) is 0 Å². The Bertz CT molecular complexity index is 205. The third kappa shape index (κ3) is 1.73. The first kappa shape index (κ1) is 7.08. The van der Waals surface area contributed by atoms with Crippen molar-refractivity contribution in [3.8, 4) is 12.3 Å². The molecule has 0 saturated heterocycles. The lowest BCUT2D eigenvalue weighted by atomic mass is 9.97. The highest BCUT2D eigenvalue weighted by molar-refractivity contribution is 5.91. The molecular formula is C9H10O. The highest BCUT2D eigenvalue weighted by atomic mass is 16.1. The molecule has 1 nitrogen and oxygen atoms in total. The molecule has 0 radical (unpaired) electrons. The number of hydrogen-bond donors (Lipinski definition) is 0. The van der Waals surface area contributed by atoms with Crippen molar-refractivity contribution in [1.82, 2.24) is 0 Å². The lowest BCUT2D eigenvalue weighted by molar-refractivity contribution is -0.115. The van der Waals surface area contributed by atoms with E-state index in [-0.39, 0.29) is 5.78 Å². The van der Waals surface area contributed by atoms with Crippen molar-refractivity contribution in [2.75, 3.05) is 0 Å². The van der Waals surface area contributed by atoms with Crippen molar-refractivity contribution in [1.29, 1.82) is 0 Å². The first-order valence-electron chi connectivity index (χ1n) is 3.48. The molecule has 0 atom stereocenters. The summed E-state index contributed by atoms with van der Waals surface area (Å²) in [6.45, 7) is 0. The minimum Gasteiger partial charge on any atom is -0.295 e. The molecule has 0 aromatic rings. The topological polar surface area (TPSA) is 17.1 Å². The molecule has 0 aromatic heterocycles. The van der Waals surface area contributed by atoms with Crippen molar-refractivity contribution in [2.45, 2.75) is 25.7 Å². The van der Waals surface area contributed by atoms with Crippen LogP contribution in [0.5, 0.6) is 0 Å². The molecule has 0 spiro atoms. The van der Waals surface area contributed by atoms with Crippen molar-refractivity contribution < 1.29 is 4.79 Å². The van der Waals surface area contributed by atoms with Crippen LogP contribution in [-0.4, -0.2) is 5.78 Å². The van der Waals surface area contributed by atoms with Crippen LogP contribution in [0.2, 0.25) is 0 Å². The summed E-state index contributed by atoms with van der Waals surface area (Å²) in [5.74, 6) is 2.77. The van der Waals surface area contributed by atoms with Gasteiger partial charge in [-0.2, -0.15) is 0 Å². The van der Waals surface area contributed by atoms with Gasteiger partial charge in [0.05, 0.1) is 0 Å². The number of hydrogen-bond acceptors (Lipinski definition) is 1. The molecule has 1 aliphatic carbocycles. The van der Waals surface area contributed by atoms with Gasteiger partial charge in [0.25, 0.3) is 0 Å². The largest absolute Gasteiger partial charge is 0.295 e. The van der Waals surface area contributed by atoms with Gasteiger partial charge in [0.2, 0.25) is 0 Å². The van der Waals surface area contributed by atoms with E-state index in [1.807, 2.05) is 0 Å². The maximum absolute atomic E-state index is 10.8. The van der Waals surface area contributed by atoms with E-state index < -0.39 is 0 Å². The Morgan fingerprint density at radius 2 is 2.40 bits per heavy atom. The van der Waals surface area contributed by atoms with Crippen molar-refractivity contribution >= 4 is 5.78 Å². The highest BCUT2D eigenvalue weighted by Crippen LogP contribution is 2.16. The number of carbonyl (C=O) groups excluding carboxylic acids is 1. The molecule has 52 valence electrons. The van der Waals surface area contributed by atoms with Gasteiger partial charge < -0.3 is 0 Å². The number of carbonyl (C=O) groups is 1. The molecule has 0 amide bonds. The monoisotopic (exact) mass is 134 g/mol. The summed E-state index contributed by atoms with van der Waals surface area (Å²) in [4.78, 5) is 10.8. The Balaban J connectivity index is 2.59. The summed E-state index contributed by atoms with van der Waals surface area (Å²) in [5.41, 5.74) is 1.12. The zero-order valence-corrected chi connectivity index (χ0v) is 5.89. The first-order chi connectivity index (χ1) is 4.83. The molecule has 1 heteroatoms. The third-order valence-corrected chi connectivity index (χ3v) is 1.62. The van der Waals surface area contributed by atoms with E-state index in [4.69, 9.17) is 6.42 Å². The van der Waals surface area contributed by atoms with Crippen LogP contribution in [0, 0.1) is 12.3 Å². The van der Waals surface area contributed by atoms with Gasteiger partial charge in [-0.05, 0) is 18.9 Å². The van der Waals surface area contributed by atoms with Gasteiger partial charge in [0, 0.05) is 12.8 Å². The second-order valence-corrected chi connectivity index (χ2v) is 2.50. The Morgan fingerprint density at radius 1 is 1.60 bits per heavy atom. The van der Waals surface area contributed by atoms with E-state index in [1.54, 1.807) is 6.08 Å². The van der Waals surface area contributed by atoms with E-state index in [2.05, 4.69) is 5.92 Å². The summed E-state index contributed by atoms with van der Waals surface area (Å²) < 4.78 is 0. The third-order valence-electron chi connectivity index (χ3n) is 1.62. The minimum atomic E-state index is 0.233. The SMILES string of the molecule is C#CCC1=CC(=O)CCC1. The molecule has 0 fully saturated rings. The van der Waals surface area contributed by atoms with E-state index in [0.717, 1.165) is 18.4 Å². The molecule has 1 rings (SSSR count). The van der Waals surface area contributed by atoms with Gasteiger partial charge in [-0.25, -0.2) is 0 Å². The standard InChI is InChI=1S/C9H10O/c1-2-4-8-5-3-6-9(10)7-8/h1,7H,3-6H2. The predicted molar refractivity (Wildman–Crippen MR) is 40.4 cm³/mol. The van der Waals surface area contributed by atoms with Crippen LogP contribution in [0.3, 0.4) is 0 Å². The van der Waals surface area contributed by atoms with Gasteiger partial charge in [0.15, 0.2) is 5.78 Å². The molecular weight excluding hydrogens is 124 g/mol. The van der Waals surface area contributed by atoms with Gasteiger partial charge in [-0.3, -0.25) is 4.79 Å². The lowest BCUT2D eigenvalue weighted by Crippen LogP contribution is -2.01. The summed E-state index contributed by atoms with van der Waals surface area (Å²) in [6, 6.07) is 0. The molecule has 0 unspecified atom stereocenters. The molecule has 0 bridgehead atoms. The fraction of sp³-hybridized carbons (Fsp3) is 0.444. The Labute approximate surface area is 61.1 Å². The minimum absolute atomic E-state index is 0.233. The maximum atomic E-state index is 10.8. The van der Waals surface area contributed by atoms with E-state index >= 15 is 0 Å². The summed E-state index contributed by atoms with van der Waals surface area (Å²) in [7, 11) is 0. The molecule has 1 aliphatic rings. The molecule has 0 aliphatic heterocycles. The van der Waals surface area contributed by atoms with Crippen LogP contribution in [0.1, 0.15) is 25.7 Å². The van der Waals surface area contributed by atoms with Crippen molar-refractivity contribution in [3.05, 3.63) is 11.6 Å². The quantitative estimate of drug-likeness (QED) is 0.499. The Kier molecular flexibility index (Phi) is 2.28. The van der Waals surface area contributed by atoms with Crippen LogP contribution in [0.25, 0.3) is 0 Å². The van der Waals surface area contributed by atoms with Crippen molar-refractivity contribution in [2.24, 2.45) is 0 Å². The van der Waals surface area contributed by atoms with Crippen LogP contribution >= 0.6 is 0 Å². The predicted octanol–water partition coefficient (Wildman–Crippen LogP) is 1.69. The maximum Gasteiger partial charge on any atom is 0.155 e. The number of ketones is 1. The van der Waals surface area contributed by atoms with E-state index in [1.165, 1.54) is 0 Å². The summed E-state index contributed by atoms with van der Waals surface area (Å²) in [5, 5.41) is 0. The molecule has 0 heterocycles. The summed E-state index contributed by atoms with van der Waals surface area (Å²) in [6.07, 6.45) is 10.1. The fourth-order valence-corrected chi connectivity index (χ4v) is 1.13. The van der Waals surface area contributed by atoms with Gasteiger partial charge in [-0.1, -0.05) is 5.57 Å². The molecule has 0 aromatic carbocycles. The Morgan fingerprint density at radius 3 is 3.00 bits per heavy atom. The smallest absolute Gasteiger partial charge is 0.155 e. The molecule has 10 heavy (non-hydrogen) atoms. The highest BCUT2D eigenvalue weighted by Gasteiger charge is 2.07. The number of terminal acetylenes is 1. The zero-order valence-electron chi connectivity index (χ0n) is 5.89. The molecule has 0 saturated carbocycles. The van der Waals surface area contributed by atoms with E-state index in [9.17, 15) is 4.79 Å². The fourth-order valence-electron chi connectivity index (χ4n) is 1.13. The number of rotatable bonds is 1. The van der Waals surface area contributed by atoms with Gasteiger partial charge >= 0.3 is 0 Å². The second-order valence-electron chi connectivity index (χ2n) is 2.50. The van der Waals surface area contributed by atoms with Crippen LogP contribution in [-0.2, 0) is 4.79 Å². The average molecular weight is 134 g/mol. The lowest BCUT2D eigenvalue weighted by Gasteiger charge is -2.07. The van der Waals surface area contributed by atoms with Crippen LogP contribution in [0.4, 0.5) is 0 Å². The molecule has 0 N–H and O–H groups in total. The summed E-state index contributed by atoms with van der Waals surface area (Å²) >= 11 is 0. The normalized spacial score (nSPS) is 17.9. The first-order valence-corrected chi connectivity index (χ1v) is 3.48. The van der Waals surface area contributed by atoms with Crippen LogP contribution < -0.4 is 0 Å². The second kappa shape index (κ2) is 3.22.